The third-order valence-electron chi connectivity index (χ3n) is 5.76. The molecule has 4 aromatic rings. The van der Waals surface area contributed by atoms with Gasteiger partial charge in [0.1, 0.15) is 5.01 Å². The Bertz CT molecular complexity index is 1150. The summed E-state index contributed by atoms with van der Waals surface area (Å²) < 4.78 is 2.02. The van der Waals surface area contributed by atoms with Crippen molar-refractivity contribution in [1.29, 1.82) is 0 Å². The van der Waals surface area contributed by atoms with Gasteiger partial charge in [0.05, 0.1) is 18.6 Å². The van der Waals surface area contributed by atoms with Gasteiger partial charge in [0.2, 0.25) is 0 Å². The van der Waals surface area contributed by atoms with Gasteiger partial charge in [0, 0.05) is 61.6 Å². The molecule has 1 saturated heterocycles. The zero-order chi connectivity index (χ0) is 21.8. The summed E-state index contributed by atoms with van der Waals surface area (Å²) in [5, 5.41) is 3.25. The number of piperazine rings is 1. The van der Waals surface area contributed by atoms with E-state index in [9.17, 15) is 4.79 Å². The lowest BCUT2D eigenvalue weighted by molar-refractivity contribution is 0.0628. The van der Waals surface area contributed by atoms with Gasteiger partial charge in [-0.1, -0.05) is 42.5 Å². The maximum atomic E-state index is 12.9. The summed E-state index contributed by atoms with van der Waals surface area (Å²) in [6, 6.07) is 18.2. The Morgan fingerprint density at radius 1 is 0.938 bits per heavy atom. The normalized spacial score (nSPS) is 14.6. The molecule has 32 heavy (non-hydrogen) atoms. The second kappa shape index (κ2) is 9.46. The molecule has 162 valence electrons. The highest BCUT2D eigenvalue weighted by molar-refractivity contribution is 7.09. The maximum absolute atomic E-state index is 12.9. The number of imidazole rings is 1. The molecule has 1 aliphatic heterocycles. The lowest BCUT2D eigenvalue weighted by Crippen LogP contribution is -2.48. The van der Waals surface area contributed by atoms with Crippen LogP contribution in [0.4, 0.5) is 0 Å². The zero-order valence-electron chi connectivity index (χ0n) is 17.8. The quantitative estimate of drug-likeness (QED) is 0.452. The smallest absolute Gasteiger partial charge is 0.253 e. The van der Waals surface area contributed by atoms with E-state index < -0.39 is 0 Å². The van der Waals surface area contributed by atoms with E-state index in [0.717, 1.165) is 66.7 Å². The van der Waals surface area contributed by atoms with Gasteiger partial charge in [-0.05, 0) is 17.7 Å². The van der Waals surface area contributed by atoms with E-state index in [1.807, 2.05) is 58.1 Å². The molecule has 1 aliphatic rings. The SMILES string of the molecule is O=C(c1ccc(Cn2ccnc2)cc1)N1CCN(Cc2nc(-c3ccccc3)cs2)CC1. The number of rotatable bonds is 6. The van der Waals surface area contributed by atoms with Crippen LogP contribution in [0.1, 0.15) is 20.9 Å². The molecule has 0 radical (unpaired) electrons. The lowest BCUT2D eigenvalue weighted by atomic mass is 10.1. The average molecular weight is 444 g/mol. The summed E-state index contributed by atoms with van der Waals surface area (Å²) in [5.74, 6) is 0.111. The molecule has 0 spiro atoms. The highest BCUT2D eigenvalue weighted by Crippen LogP contribution is 2.23. The van der Waals surface area contributed by atoms with E-state index >= 15 is 0 Å². The van der Waals surface area contributed by atoms with Crippen molar-refractivity contribution < 1.29 is 4.79 Å². The molecule has 7 heteroatoms. The van der Waals surface area contributed by atoms with Gasteiger partial charge < -0.3 is 9.47 Å². The van der Waals surface area contributed by atoms with Crippen LogP contribution in [0.15, 0.2) is 78.7 Å². The molecule has 1 amide bonds. The Balaban J connectivity index is 1.13. The summed E-state index contributed by atoms with van der Waals surface area (Å²) in [4.78, 5) is 26.1. The van der Waals surface area contributed by atoms with E-state index in [4.69, 9.17) is 4.98 Å². The zero-order valence-corrected chi connectivity index (χ0v) is 18.6. The van der Waals surface area contributed by atoms with Crippen LogP contribution in [-0.2, 0) is 13.1 Å². The Morgan fingerprint density at radius 3 is 2.44 bits per heavy atom. The molecule has 0 saturated carbocycles. The van der Waals surface area contributed by atoms with Crippen LogP contribution in [-0.4, -0.2) is 56.4 Å². The van der Waals surface area contributed by atoms with Gasteiger partial charge in [-0.2, -0.15) is 0 Å². The third kappa shape index (κ3) is 4.79. The van der Waals surface area contributed by atoms with Crippen molar-refractivity contribution in [1.82, 2.24) is 24.3 Å². The summed E-state index contributed by atoms with van der Waals surface area (Å²) >= 11 is 1.71. The maximum Gasteiger partial charge on any atom is 0.253 e. The van der Waals surface area contributed by atoms with Gasteiger partial charge in [0.15, 0.2) is 0 Å². The van der Waals surface area contributed by atoms with Crippen molar-refractivity contribution in [3.63, 3.8) is 0 Å². The van der Waals surface area contributed by atoms with E-state index in [-0.39, 0.29) is 5.91 Å². The topological polar surface area (TPSA) is 54.3 Å². The van der Waals surface area contributed by atoms with Crippen LogP contribution < -0.4 is 0 Å². The van der Waals surface area contributed by atoms with Crippen LogP contribution >= 0.6 is 11.3 Å². The number of benzene rings is 2. The molecule has 0 aliphatic carbocycles. The highest BCUT2D eigenvalue weighted by atomic mass is 32.1. The Kier molecular flexibility index (Phi) is 6.09. The lowest BCUT2D eigenvalue weighted by Gasteiger charge is -2.34. The third-order valence-corrected chi connectivity index (χ3v) is 6.60. The molecular weight excluding hydrogens is 418 g/mol. The van der Waals surface area contributed by atoms with E-state index in [0.29, 0.717) is 0 Å². The second-order valence-electron chi connectivity index (χ2n) is 7.99. The predicted octanol–water partition coefficient (Wildman–Crippen LogP) is 4.01. The first-order valence-corrected chi connectivity index (χ1v) is 11.7. The summed E-state index contributed by atoms with van der Waals surface area (Å²) in [6.07, 6.45) is 5.51. The number of aromatic nitrogens is 3. The minimum absolute atomic E-state index is 0.111. The summed E-state index contributed by atoms with van der Waals surface area (Å²) in [5.41, 5.74) is 4.10. The first kappa shape index (κ1) is 20.6. The highest BCUT2D eigenvalue weighted by Gasteiger charge is 2.22. The molecule has 3 heterocycles. The molecule has 2 aromatic carbocycles. The molecule has 1 fully saturated rings. The van der Waals surface area contributed by atoms with Crippen molar-refractivity contribution in [2.24, 2.45) is 0 Å². The van der Waals surface area contributed by atoms with Crippen molar-refractivity contribution in [2.75, 3.05) is 26.2 Å². The minimum atomic E-state index is 0.111. The molecule has 6 nitrogen and oxygen atoms in total. The van der Waals surface area contributed by atoms with Crippen molar-refractivity contribution >= 4 is 17.2 Å². The summed E-state index contributed by atoms with van der Waals surface area (Å²) in [7, 11) is 0. The predicted molar refractivity (Wildman–Crippen MR) is 127 cm³/mol. The first-order chi connectivity index (χ1) is 15.7. The molecule has 0 unspecified atom stereocenters. The van der Waals surface area contributed by atoms with Crippen LogP contribution in [0, 0.1) is 0 Å². The van der Waals surface area contributed by atoms with Crippen molar-refractivity contribution in [2.45, 2.75) is 13.1 Å². The number of hydrogen-bond donors (Lipinski definition) is 0. The molecule has 5 rings (SSSR count). The molecule has 0 N–H and O–H groups in total. The molecule has 0 bridgehead atoms. The second-order valence-corrected chi connectivity index (χ2v) is 8.94. The van der Waals surface area contributed by atoms with Crippen LogP contribution in [0.2, 0.25) is 0 Å². The van der Waals surface area contributed by atoms with Gasteiger partial charge in [-0.3, -0.25) is 9.69 Å². The fraction of sp³-hybridized carbons (Fsp3) is 0.240. The number of amides is 1. The Labute approximate surface area is 191 Å². The molecular formula is C25H25N5OS. The standard InChI is InChI=1S/C25H25N5OS/c31-25(22-8-6-20(7-9-22)16-29-11-10-26-19-29)30-14-12-28(13-15-30)17-24-27-23(18-32-24)21-4-2-1-3-5-21/h1-11,18-19H,12-17H2. The fourth-order valence-electron chi connectivity index (χ4n) is 3.95. The number of carbonyl (C=O) groups excluding carboxylic acids is 1. The van der Waals surface area contributed by atoms with Crippen LogP contribution in [0.5, 0.6) is 0 Å². The van der Waals surface area contributed by atoms with Gasteiger partial charge >= 0.3 is 0 Å². The van der Waals surface area contributed by atoms with Crippen molar-refractivity contribution in [3.8, 4) is 11.3 Å². The van der Waals surface area contributed by atoms with Crippen LogP contribution in [0.3, 0.4) is 0 Å². The van der Waals surface area contributed by atoms with E-state index in [2.05, 4.69) is 27.4 Å². The minimum Gasteiger partial charge on any atom is -0.336 e. The molecule has 0 atom stereocenters. The Morgan fingerprint density at radius 2 is 1.72 bits per heavy atom. The largest absolute Gasteiger partial charge is 0.336 e. The average Bonchev–Trinajstić information content (AvgIpc) is 3.53. The monoisotopic (exact) mass is 443 g/mol. The number of hydrogen-bond acceptors (Lipinski definition) is 5. The number of carbonyl (C=O) groups is 1. The Hall–Kier alpha value is -3.29. The van der Waals surface area contributed by atoms with Gasteiger partial charge in [-0.25, -0.2) is 9.97 Å². The van der Waals surface area contributed by atoms with Crippen LogP contribution in [0.25, 0.3) is 11.3 Å². The number of thiazole rings is 1. The number of nitrogens with zero attached hydrogens (tertiary/aromatic N) is 5. The van der Waals surface area contributed by atoms with Gasteiger partial charge in [-0.15, -0.1) is 11.3 Å². The molecule has 2 aromatic heterocycles. The van der Waals surface area contributed by atoms with Crippen molar-refractivity contribution in [3.05, 3.63) is 94.8 Å². The van der Waals surface area contributed by atoms with E-state index in [1.165, 1.54) is 0 Å². The van der Waals surface area contributed by atoms with E-state index in [1.54, 1.807) is 23.9 Å². The summed E-state index contributed by atoms with van der Waals surface area (Å²) in [6.45, 7) is 4.81. The van der Waals surface area contributed by atoms with Gasteiger partial charge in [0.25, 0.3) is 5.91 Å². The fourth-order valence-corrected chi connectivity index (χ4v) is 4.80. The first-order valence-electron chi connectivity index (χ1n) is 10.8.